The van der Waals surface area contributed by atoms with Crippen LogP contribution in [-0.2, 0) is 12.5 Å². The Morgan fingerprint density at radius 2 is 1.12 bits per heavy atom. The van der Waals surface area contributed by atoms with Gasteiger partial charge in [0.15, 0.2) is 11.6 Å². The number of halogens is 14. The summed E-state index contributed by atoms with van der Waals surface area (Å²) in [4.78, 5) is 0. The molecule has 0 fully saturated rings. The van der Waals surface area contributed by atoms with E-state index in [0.29, 0.717) is 36.8 Å². The Hall–Kier alpha value is -5.18. The van der Waals surface area contributed by atoms with Gasteiger partial charge in [0.25, 0.3) is 0 Å². The maximum absolute atomic E-state index is 15.2. The fraction of sp³-hybridized carbons (Fsp3) is 0.111. The molecule has 0 atom stereocenters. The zero-order valence-corrected chi connectivity index (χ0v) is 26.4. The Bertz CT molecular complexity index is 2110. The van der Waals surface area contributed by atoms with Crippen molar-refractivity contribution in [3.63, 3.8) is 0 Å². The van der Waals surface area contributed by atoms with Crippen molar-refractivity contribution in [1.82, 2.24) is 0 Å². The Morgan fingerprint density at radius 1 is 0.577 bits per heavy atom. The lowest BCUT2D eigenvalue weighted by atomic mass is 9.98. The summed E-state index contributed by atoms with van der Waals surface area (Å²) in [5, 5.41) is -0.692. The highest BCUT2D eigenvalue weighted by Gasteiger charge is 2.42. The number of allylic oxidation sites excluding steroid dienone is 1. The average Bonchev–Trinajstić information content (AvgIpc) is 3.00. The van der Waals surface area contributed by atoms with Gasteiger partial charge in [0.2, 0.25) is 5.75 Å². The van der Waals surface area contributed by atoms with Gasteiger partial charge in [-0.2, -0.15) is 8.78 Å². The van der Waals surface area contributed by atoms with Crippen LogP contribution >= 0.6 is 11.6 Å². The van der Waals surface area contributed by atoms with Crippen LogP contribution in [0.3, 0.4) is 0 Å². The van der Waals surface area contributed by atoms with Crippen molar-refractivity contribution in [2.45, 2.75) is 25.3 Å². The molecule has 0 bridgehead atoms. The Morgan fingerprint density at radius 3 is 1.63 bits per heavy atom. The van der Waals surface area contributed by atoms with Crippen molar-refractivity contribution in [1.29, 1.82) is 0 Å². The standard InChI is InChI=1S/C36H18ClF13O2/c1-2-3-4-16-7-24(39)32(25(40)8-16)19-12-27(42)33(28(43)13-19)35(46,47)51-20-14-22(37)31(26(41)15-20)17-5-6-21(23(38)9-17)18-10-29(44)34(30(45)11-18)52-36(48,49)50/h2,5-15H,1,3-4H2. The van der Waals surface area contributed by atoms with Crippen LogP contribution in [0, 0.1) is 46.5 Å². The molecule has 0 saturated heterocycles. The minimum Gasteiger partial charge on any atom is -0.429 e. The van der Waals surface area contributed by atoms with Gasteiger partial charge in [0.05, 0.1) is 10.6 Å². The first-order valence-corrected chi connectivity index (χ1v) is 14.9. The molecule has 0 saturated carbocycles. The van der Waals surface area contributed by atoms with E-state index in [2.05, 4.69) is 16.1 Å². The topological polar surface area (TPSA) is 18.5 Å². The lowest BCUT2D eigenvalue weighted by molar-refractivity contribution is -0.276. The molecule has 0 amide bonds. The van der Waals surface area contributed by atoms with Crippen molar-refractivity contribution >= 4 is 11.6 Å². The van der Waals surface area contributed by atoms with E-state index < -0.39 is 109 Å². The quantitative estimate of drug-likeness (QED) is 0.104. The molecule has 0 aliphatic carbocycles. The number of rotatable bonds is 10. The summed E-state index contributed by atoms with van der Waals surface area (Å²) in [6.07, 6.45) is -8.23. The number of ether oxygens (including phenoxy) is 2. The monoisotopic (exact) mass is 764 g/mol. The summed E-state index contributed by atoms with van der Waals surface area (Å²) in [5.41, 5.74) is -5.55. The van der Waals surface area contributed by atoms with Crippen LogP contribution in [0.15, 0.2) is 79.4 Å². The molecule has 2 nitrogen and oxygen atoms in total. The first-order valence-electron chi connectivity index (χ1n) is 14.5. The van der Waals surface area contributed by atoms with E-state index in [1.165, 1.54) is 6.08 Å². The average molecular weight is 765 g/mol. The van der Waals surface area contributed by atoms with Crippen molar-refractivity contribution in [3.8, 4) is 44.9 Å². The molecule has 0 radical (unpaired) electrons. The molecule has 5 aromatic carbocycles. The van der Waals surface area contributed by atoms with Crippen molar-refractivity contribution < 1.29 is 66.5 Å². The Balaban J connectivity index is 1.41. The lowest BCUT2D eigenvalue weighted by Crippen LogP contribution is -2.25. The Labute approximate surface area is 290 Å². The smallest absolute Gasteiger partial charge is 0.429 e. The summed E-state index contributed by atoms with van der Waals surface area (Å²) >= 11 is 6.07. The molecular weight excluding hydrogens is 747 g/mol. The Kier molecular flexibility index (Phi) is 10.6. The van der Waals surface area contributed by atoms with Crippen LogP contribution in [0.2, 0.25) is 5.02 Å². The van der Waals surface area contributed by atoms with Gasteiger partial charge in [0, 0.05) is 17.2 Å². The molecule has 5 rings (SSSR count). The molecule has 5 aromatic rings. The normalized spacial score (nSPS) is 11.9. The van der Waals surface area contributed by atoms with Gasteiger partial charge in [0.1, 0.15) is 46.2 Å². The predicted octanol–water partition coefficient (Wildman–Crippen LogP) is 12.6. The fourth-order valence-electron chi connectivity index (χ4n) is 5.23. The van der Waals surface area contributed by atoms with Gasteiger partial charge >= 0.3 is 12.5 Å². The lowest BCUT2D eigenvalue weighted by Gasteiger charge is -2.21. The molecule has 0 heterocycles. The SMILES string of the molecule is C=CCCc1cc(F)c(-c2cc(F)c(C(F)(F)Oc3cc(F)c(-c4ccc(-c5cc(F)c(OC(F)(F)F)c(F)c5)c(F)c4)c(Cl)c3)c(F)c2)c(F)c1. The summed E-state index contributed by atoms with van der Waals surface area (Å²) in [6, 6.07) is 6.37. The fourth-order valence-corrected chi connectivity index (χ4v) is 5.53. The van der Waals surface area contributed by atoms with Gasteiger partial charge in [-0.1, -0.05) is 29.8 Å². The van der Waals surface area contributed by atoms with Gasteiger partial charge in [-0.15, -0.1) is 19.8 Å². The van der Waals surface area contributed by atoms with Crippen molar-refractivity contribution in [3.05, 3.63) is 142 Å². The van der Waals surface area contributed by atoms with Crippen LogP contribution in [-0.4, -0.2) is 6.36 Å². The predicted molar refractivity (Wildman–Crippen MR) is 164 cm³/mol. The van der Waals surface area contributed by atoms with Crippen LogP contribution in [0.5, 0.6) is 11.5 Å². The highest BCUT2D eigenvalue weighted by atomic mass is 35.5. The third-order valence-electron chi connectivity index (χ3n) is 7.41. The molecule has 0 aliphatic rings. The van der Waals surface area contributed by atoms with Crippen LogP contribution in [0.4, 0.5) is 57.1 Å². The molecule has 0 spiro atoms. The molecule has 16 heteroatoms. The highest BCUT2D eigenvalue weighted by molar-refractivity contribution is 6.33. The molecule has 0 unspecified atom stereocenters. The summed E-state index contributed by atoms with van der Waals surface area (Å²) < 4.78 is 193. The first-order chi connectivity index (χ1) is 24.3. The largest absolute Gasteiger partial charge is 0.573 e. The van der Waals surface area contributed by atoms with Crippen molar-refractivity contribution in [2.75, 3.05) is 0 Å². The third-order valence-corrected chi connectivity index (χ3v) is 7.71. The second kappa shape index (κ2) is 14.4. The number of hydrogen-bond donors (Lipinski definition) is 0. The van der Waals surface area contributed by atoms with E-state index in [4.69, 9.17) is 11.6 Å². The zero-order chi connectivity index (χ0) is 38.3. The summed E-state index contributed by atoms with van der Waals surface area (Å²) in [5.74, 6) is -15.6. The zero-order valence-electron chi connectivity index (χ0n) is 25.7. The summed E-state index contributed by atoms with van der Waals surface area (Å²) in [6.45, 7) is 3.49. The highest BCUT2D eigenvalue weighted by Crippen LogP contribution is 2.42. The second-order valence-electron chi connectivity index (χ2n) is 11.0. The van der Waals surface area contributed by atoms with E-state index >= 15 is 17.6 Å². The van der Waals surface area contributed by atoms with Crippen LogP contribution < -0.4 is 9.47 Å². The van der Waals surface area contributed by atoms with Gasteiger partial charge in [-0.25, -0.2) is 35.1 Å². The van der Waals surface area contributed by atoms with E-state index in [0.717, 1.165) is 24.3 Å². The molecule has 52 heavy (non-hydrogen) atoms. The molecule has 272 valence electrons. The number of hydrogen-bond acceptors (Lipinski definition) is 2. The molecular formula is C36H18ClF13O2. The van der Waals surface area contributed by atoms with Crippen molar-refractivity contribution in [2.24, 2.45) is 0 Å². The first kappa shape index (κ1) is 38.1. The molecule has 0 aliphatic heterocycles. The molecule has 0 aromatic heterocycles. The van der Waals surface area contributed by atoms with E-state index in [1.54, 1.807) is 0 Å². The van der Waals surface area contributed by atoms with Gasteiger partial charge in [-0.05, 0) is 83.6 Å². The van der Waals surface area contributed by atoms with Crippen LogP contribution in [0.25, 0.3) is 33.4 Å². The maximum Gasteiger partial charge on any atom is 0.573 e. The molecule has 0 N–H and O–H groups in total. The summed E-state index contributed by atoms with van der Waals surface area (Å²) in [7, 11) is 0. The third kappa shape index (κ3) is 7.98. The van der Waals surface area contributed by atoms with Crippen LogP contribution in [0.1, 0.15) is 17.5 Å². The van der Waals surface area contributed by atoms with E-state index in [-0.39, 0.29) is 29.7 Å². The second-order valence-corrected chi connectivity index (χ2v) is 11.4. The van der Waals surface area contributed by atoms with E-state index in [9.17, 15) is 39.5 Å². The van der Waals surface area contributed by atoms with Gasteiger partial charge in [-0.3, -0.25) is 0 Å². The minimum absolute atomic E-state index is 0.201. The van der Waals surface area contributed by atoms with E-state index in [1.807, 2.05) is 0 Å². The number of aryl methyl sites for hydroxylation is 1. The minimum atomic E-state index is -5.43. The number of alkyl halides is 5. The maximum atomic E-state index is 15.2. The number of benzene rings is 5. The van der Waals surface area contributed by atoms with Gasteiger partial charge < -0.3 is 9.47 Å².